The quantitative estimate of drug-likeness (QED) is 0.918. The minimum atomic E-state index is -0.291. The van der Waals surface area contributed by atoms with Crippen LogP contribution in [0, 0.1) is 5.82 Å². The number of nitrogens with one attached hydrogen (secondary N) is 1. The molecule has 0 saturated heterocycles. The Bertz CT molecular complexity index is 538. The second kappa shape index (κ2) is 5.60. The highest BCUT2D eigenvalue weighted by molar-refractivity contribution is 5.90. The Hall–Kier alpha value is -2.24. The van der Waals surface area contributed by atoms with Gasteiger partial charge in [0, 0.05) is 6.54 Å². The zero-order chi connectivity index (χ0) is 13.8. The van der Waals surface area contributed by atoms with E-state index in [1.54, 1.807) is 17.0 Å². The van der Waals surface area contributed by atoms with Crippen molar-refractivity contribution in [3.63, 3.8) is 0 Å². The van der Waals surface area contributed by atoms with E-state index in [-0.39, 0.29) is 23.6 Å². The summed E-state index contributed by atoms with van der Waals surface area (Å²) in [6.45, 7) is 4.30. The number of H-pyrrole nitrogens is 1. The Morgan fingerprint density at radius 3 is 2.63 bits per heavy atom. The van der Waals surface area contributed by atoms with Gasteiger partial charge in [-0.2, -0.15) is 5.10 Å². The number of amides is 1. The summed E-state index contributed by atoms with van der Waals surface area (Å²) in [6.07, 6.45) is 1.30. The molecule has 0 fully saturated rings. The van der Waals surface area contributed by atoms with E-state index in [0.717, 1.165) is 5.56 Å². The van der Waals surface area contributed by atoms with E-state index in [9.17, 15) is 9.18 Å². The highest BCUT2D eigenvalue weighted by atomic mass is 19.1. The van der Waals surface area contributed by atoms with Crippen LogP contribution < -0.4 is 0 Å². The first-order valence-corrected chi connectivity index (χ1v) is 6.05. The highest BCUT2D eigenvalue weighted by Crippen LogP contribution is 2.21. The van der Waals surface area contributed by atoms with E-state index in [1.165, 1.54) is 18.5 Å². The molecule has 1 atom stereocenters. The molecule has 1 aromatic heterocycles. The zero-order valence-electron chi connectivity index (χ0n) is 10.8. The maximum absolute atomic E-state index is 12.9. The van der Waals surface area contributed by atoms with E-state index in [4.69, 9.17) is 0 Å². The SMILES string of the molecule is CCN(C(=O)c1ncn[nH]1)C(C)c1ccc(F)cc1. The lowest BCUT2D eigenvalue weighted by Crippen LogP contribution is -2.34. The van der Waals surface area contributed by atoms with Crippen molar-refractivity contribution in [3.05, 3.63) is 47.8 Å². The van der Waals surface area contributed by atoms with Gasteiger partial charge in [0.25, 0.3) is 5.91 Å². The maximum atomic E-state index is 12.9. The molecule has 1 amide bonds. The molecule has 1 N–H and O–H groups in total. The summed E-state index contributed by atoms with van der Waals surface area (Å²) in [6, 6.07) is 5.97. The van der Waals surface area contributed by atoms with Crippen LogP contribution in [0.15, 0.2) is 30.6 Å². The molecule has 0 radical (unpaired) electrons. The van der Waals surface area contributed by atoms with Crippen molar-refractivity contribution >= 4 is 5.91 Å². The molecule has 1 heterocycles. The van der Waals surface area contributed by atoms with Crippen LogP contribution in [-0.4, -0.2) is 32.5 Å². The number of rotatable bonds is 4. The van der Waals surface area contributed by atoms with Crippen molar-refractivity contribution < 1.29 is 9.18 Å². The number of halogens is 1. The van der Waals surface area contributed by atoms with Crippen molar-refractivity contribution in [1.82, 2.24) is 20.1 Å². The number of carbonyl (C=O) groups is 1. The second-order valence-corrected chi connectivity index (χ2v) is 4.15. The lowest BCUT2D eigenvalue weighted by Gasteiger charge is -2.27. The van der Waals surface area contributed by atoms with Crippen LogP contribution in [-0.2, 0) is 0 Å². The summed E-state index contributed by atoms with van der Waals surface area (Å²) in [4.78, 5) is 17.7. The Labute approximate surface area is 110 Å². The smallest absolute Gasteiger partial charge is 0.291 e. The van der Waals surface area contributed by atoms with Crippen molar-refractivity contribution in [2.45, 2.75) is 19.9 Å². The van der Waals surface area contributed by atoms with Gasteiger partial charge < -0.3 is 4.90 Å². The van der Waals surface area contributed by atoms with Gasteiger partial charge in [0.2, 0.25) is 5.82 Å². The van der Waals surface area contributed by atoms with Gasteiger partial charge in [0.1, 0.15) is 12.1 Å². The summed E-state index contributed by atoms with van der Waals surface area (Å²) < 4.78 is 12.9. The molecular weight excluding hydrogens is 247 g/mol. The van der Waals surface area contributed by atoms with Crippen molar-refractivity contribution in [2.24, 2.45) is 0 Å². The fraction of sp³-hybridized carbons (Fsp3) is 0.308. The Morgan fingerprint density at radius 2 is 2.11 bits per heavy atom. The van der Waals surface area contributed by atoms with Crippen LogP contribution >= 0.6 is 0 Å². The minimum Gasteiger partial charge on any atom is -0.329 e. The Morgan fingerprint density at radius 1 is 1.42 bits per heavy atom. The van der Waals surface area contributed by atoms with Gasteiger partial charge in [-0.1, -0.05) is 12.1 Å². The summed E-state index contributed by atoms with van der Waals surface area (Å²) in [5, 5.41) is 6.23. The van der Waals surface area contributed by atoms with E-state index >= 15 is 0 Å². The predicted molar refractivity (Wildman–Crippen MR) is 67.9 cm³/mol. The number of nitrogens with zero attached hydrogens (tertiary/aromatic N) is 3. The van der Waals surface area contributed by atoms with E-state index < -0.39 is 0 Å². The highest BCUT2D eigenvalue weighted by Gasteiger charge is 2.23. The third-order valence-electron chi connectivity index (χ3n) is 3.04. The van der Waals surface area contributed by atoms with Gasteiger partial charge in [0.05, 0.1) is 6.04 Å². The van der Waals surface area contributed by atoms with Crippen LogP contribution in [0.2, 0.25) is 0 Å². The lowest BCUT2D eigenvalue weighted by molar-refractivity contribution is 0.0690. The summed E-state index contributed by atoms with van der Waals surface area (Å²) in [5.41, 5.74) is 0.871. The fourth-order valence-corrected chi connectivity index (χ4v) is 1.96. The van der Waals surface area contributed by atoms with Gasteiger partial charge >= 0.3 is 0 Å². The summed E-state index contributed by atoms with van der Waals surface area (Å²) >= 11 is 0. The normalized spacial score (nSPS) is 12.2. The number of aromatic amines is 1. The molecule has 0 saturated carbocycles. The van der Waals surface area contributed by atoms with Crippen LogP contribution in [0.5, 0.6) is 0 Å². The Balaban J connectivity index is 2.22. The van der Waals surface area contributed by atoms with Gasteiger partial charge in [0.15, 0.2) is 0 Å². The molecule has 100 valence electrons. The standard InChI is InChI=1S/C13H15FN4O/c1-3-18(13(19)12-15-8-16-17-12)9(2)10-4-6-11(14)7-5-10/h4-9H,3H2,1-2H3,(H,15,16,17). The number of aromatic nitrogens is 3. The Kier molecular flexibility index (Phi) is 3.89. The van der Waals surface area contributed by atoms with Gasteiger partial charge in [-0.3, -0.25) is 9.89 Å². The molecule has 6 heteroatoms. The summed E-state index contributed by atoms with van der Waals surface area (Å²) in [7, 11) is 0. The molecule has 0 spiro atoms. The van der Waals surface area contributed by atoms with Gasteiger partial charge in [-0.05, 0) is 31.5 Å². The fourth-order valence-electron chi connectivity index (χ4n) is 1.96. The van der Waals surface area contributed by atoms with Crippen LogP contribution in [0.4, 0.5) is 4.39 Å². The summed E-state index contributed by atoms with van der Waals surface area (Å²) in [5.74, 6) is -0.312. The molecular formula is C13H15FN4O. The molecule has 19 heavy (non-hydrogen) atoms. The molecule has 2 aromatic rings. The monoisotopic (exact) mass is 262 g/mol. The first kappa shape index (κ1) is 13.2. The third kappa shape index (κ3) is 2.78. The average molecular weight is 262 g/mol. The molecule has 5 nitrogen and oxygen atoms in total. The first-order valence-electron chi connectivity index (χ1n) is 6.05. The van der Waals surface area contributed by atoms with E-state index in [0.29, 0.717) is 6.54 Å². The molecule has 1 unspecified atom stereocenters. The molecule has 0 aliphatic rings. The average Bonchev–Trinajstić information content (AvgIpc) is 2.94. The number of benzene rings is 1. The third-order valence-corrected chi connectivity index (χ3v) is 3.04. The van der Waals surface area contributed by atoms with Gasteiger partial charge in [-0.15, -0.1) is 0 Å². The van der Waals surface area contributed by atoms with E-state index in [1.807, 2.05) is 13.8 Å². The number of hydrogen-bond donors (Lipinski definition) is 1. The van der Waals surface area contributed by atoms with Gasteiger partial charge in [-0.25, -0.2) is 9.37 Å². The minimum absolute atomic E-state index is 0.164. The lowest BCUT2D eigenvalue weighted by atomic mass is 10.1. The van der Waals surface area contributed by atoms with Crippen molar-refractivity contribution in [2.75, 3.05) is 6.54 Å². The molecule has 0 aliphatic heterocycles. The molecule has 1 aromatic carbocycles. The van der Waals surface area contributed by atoms with E-state index in [2.05, 4.69) is 15.2 Å². The maximum Gasteiger partial charge on any atom is 0.291 e. The van der Waals surface area contributed by atoms with Crippen molar-refractivity contribution in [3.8, 4) is 0 Å². The predicted octanol–water partition coefficient (Wildman–Crippen LogP) is 2.17. The molecule has 0 aliphatic carbocycles. The van der Waals surface area contributed by atoms with Crippen LogP contribution in [0.1, 0.15) is 36.1 Å². The topological polar surface area (TPSA) is 61.9 Å². The van der Waals surface area contributed by atoms with Crippen LogP contribution in [0.3, 0.4) is 0 Å². The number of carbonyl (C=O) groups excluding carboxylic acids is 1. The first-order chi connectivity index (χ1) is 9.13. The molecule has 0 bridgehead atoms. The zero-order valence-corrected chi connectivity index (χ0v) is 10.8. The number of hydrogen-bond acceptors (Lipinski definition) is 3. The second-order valence-electron chi connectivity index (χ2n) is 4.15. The van der Waals surface area contributed by atoms with Crippen molar-refractivity contribution in [1.29, 1.82) is 0 Å². The molecule has 2 rings (SSSR count). The largest absolute Gasteiger partial charge is 0.329 e. The van der Waals surface area contributed by atoms with Crippen LogP contribution in [0.25, 0.3) is 0 Å².